The van der Waals surface area contributed by atoms with E-state index < -0.39 is 53.1 Å². The SMILES string of the molecule is Cc1ccnc(-c2ccc(C[C@H](NC(=O)[C@@H](N(C)C(=O)O)C(C)(C)C)[C@@H](O)C[C@H](Cc3ccccc3)NC(=O)[C@@H](N3CCN(Cc4cccc(C)n4)C3=O)C(C)(C)C)cc2)c1. The number of likely N-dealkylation sites (N-methyl/N-ethyl adjacent to an activating group) is 1. The fourth-order valence-electron chi connectivity index (χ4n) is 8.27. The summed E-state index contributed by atoms with van der Waals surface area (Å²) in [6.45, 7) is 16.2. The summed E-state index contributed by atoms with van der Waals surface area (Å²) in [6.07, 6.45) is -0.0562. The Balaban J connectivity index is 1.43. The number of aliphatic hydroxyl groups excluding tert-OH is 1. The molecular formula is C48H63N7O6. The number of nitrogens with zero attached hydrogens (tertiary/aromatic N) is 5. The predicted molar refractivity (Wildman–Crippen MR) is 237 cm³/mol. The van der Waals surface area contributed by atoms with Crippen LogP contribution in [0.1, 0.15) is 76.0 Å². The summed E-state index contributed by atoms with van der Waals surface area (Å²) in [5, 5.41) is 28.4. The molecule has 5 rings (SSSR count). The highest BCUT2D eigenvalue weighted by molar-refractivity contribution is 5.89. The Labute approximate surface area is 360 Å². The molecule has 0 saturated carbocycles. The molecule has 2 aromatic heterocycles. The molecule has 0 spiro atoms. The van der Waals surface area contributed by atoms with Gasteiger partial charge in [-0.3, -0.25) is 24.5 Å². The Kier molecular flexibility index (Phi) is 14.9. The van der Waals surface area contributed by atoms with Crippen LogP contribution in [-0.2, 0) is 29.0 Å². The summed E-state index contributed by atoms with van der Waals surface area (Å²) >= 11 is 0. The minimum atomic E-state index is -1.25. The fourth-order valence-corrected chi connectivity index (χ4v) is 8.27. The summed E-state index contributed by atoms with van der Waals surface area (Å²) in [7, 11) is 1.36. The second-order valence-corrected chi connectivity index (χ2v) is 18.5. The molecule has 1 aliphatic rings. The van der Waals surface area contributed by atoms with Crippen molar-refractivity contribution < 1.29 is 29.4 Å². The van der Waals surface area contributed by atoms with Crippen LogP contribution in [-0.4, -0.2) is 109 Å². The van der Waals surface area contributed by atoms with Crippen molar-refractivity contribution in [3.05, 3.63) is 119 Å². The number of carboxylic acid groups (broad SMARTS) is 1. The second kappa shape index (κ2) is 19.7. The number of pyridine rings is 2. The van der Waals surface area contributed by atoms with Gasteiger partial charge in [0.15, 0.2) is 0 Å². The number of aromatic nitrogens is 2. The molecule has 3 heterocycles. The van der Waals surface area contributed by atoms with Crippen LogP contribution in [0.25, 0.3) is 11.3 Å². The van der Waals surface area contributed by atoms with Gasteiger partial charge in [0.25, 0.3) is 0 Å². The topological polar surface area (TPSA) is 168 Å². The van der Waals surface area contributed by atoms with Gasteiger partial charge in [0.1, 0.15) is 12.1 Å². The van der Waals surface area contributed by atoms with Gasteiger partial charge in [-0.1, -0.05) is 102 Å². The number of benzene rings is 2. The number of aryl methyl sites for hydroxylation is 2. The van der Waals surface area contributed by atoms with Crippen molar-refractivity contribution in [1.82, 2.24) is 35.3 Å². The molecule has 4 N–H and O–H groups in total. The first-order valence-electron chi connectivity index (χ1n) is 21.0. The summed E-state index contributed by atoms with van der Waals surface area (Å²) in [6, 6.07) is 23.4. The van der Waals surface area contributed by atoms with E-state index >= 15 is 0 Å². The minimum Gasteiger partial charge on any atom is -0.465 e. The van der Waals surface area contributed by atoms with E-state index in [9.17, 15) is 29.4 Å². The molecule has 61 heavy (non-hydrogen) atoms. The number of amides is 5. The first-order valence-corrected chi connectivity index (χ1v) is 21.0. The highest BCUT2D eigenvalue weighted by Crippen LogP contribution is 2.30. The van der Waals surface area contributed by atoms with Gasteiger partial charge in [-0.05, 0) is 84.9 Å². The Hall–Kier alpha value is -5.82. The van der Waals surface area contributed by atoms with Crippen molar-refractivity contribution in [1.29, 1.82) is 0 Å². The lowest BCUT2D eigenvalue weighted by Crippen LogP contribution is -2.59. The van der Waals surface area contributed by atoms with Crippen molar-refractivity contribution in [2.45, 2.75) is 111 Å². The average molecular weight is 834 g/mol. The van der Waals surface area contributed by atoms with Crippen LogP contribution in [0.3, 0.4) is 0 Å². The van der Waals surface area contributed by atoms with E-state index in [0.29, 0.717) is 26.1 Å². The minimum absolute atomic E-state index is 0.0434. The van der Waals surface area contributed by atoms with E-state index in [1.165, 1.54) is 7.05 Å². The molecule has 1 aliphatic heterocycles. The number of rotatable bonds is 16. The number of hydrogen-bond donors (Lipinski definition) is 4. The summed E-state index contributed by atoms with van der Waals surface area (Å²) in [5.41, 5.74) is 4.77. The van der Waals surface area contributed by atoms with Gasteiger partial charge in [-0.15, -0.1) is 0 Å². The summed E-state index contributed by atoms with van der Waals surface area (Å²) in [5.74, 6) is -0.891. The maximum absolute atomic E-state index is 14.6. The third-order valence-corrected chi connectivity index (χ3v) is 11.2. The maximum atomic E-state index is 14.6. The molecule has 0 aliphatic carbocycles. The molecule has 0 radical (unpaired) electrons. The molecule has 1 fully saturated rings. The van der Waals surface area contributed by atoms with Crippen LogP contribution in [0.15, 0.2) is 91.1 Å². The van der Waals surface area contributed by atoms with Gasteiger partial charge < -0.3 is 30.6 Å². The zero-order valence-corrected chi connectivity index (χ0v) is 37.1. The molecular weight excluding hydrogens is 771 g/mol. The first-order chi connectivity index (χ1) is 28.7. The fraction of sp³-hybridized carbons (Fsp3) is 0.458. The zero-order valence-electron chi connectivity index (χ0n) is 37.1. The third kappa shape index (κ3) is 12.4. The number of carbonyl (C=O) groups excluding carboxylic acids is 3. The summed E-state index contributed by atoms with van der Waals surface area (Å²) in [4.78, 5) is 68.3. The van der Waals surface area contributed by atoms with Gasteiger partial charge >= 0.3 is 12.1 Å². The lowest BCUT2D eigenvalue weighted by atomic mass is 9.84. The Morgan fingerprint density at radius 1 is 0.820 bits per heavy atom. The van der Waals surface area contributed by atoms with Gasteiger partial charge in [0.05, 0.1) is 30.1 Å². The van der Waals surface area contributed by atoms with Crippen molar-refractivity contribution in [3.63, 3.8) is 0 Å². The number of urea groups is 1. The lowest BCUT2D eigenvalue weighted by Gasteiger charge is -2.38. The van der Waals surface area contributed by atoms with Crippen LogP contribution in [0.2, 0.25) is 0 Å². The van der Waals surface area contributed by atoms with Crippen LogP contribution < -0.4 is 10.6 Å². The molecule has 13 heteroatoms. The van der Waals surface area contributed by atoms with Crippen molar-refractivity contribution in [2.24, 2.45) is 10.8 Å². The standard InChI is InChI=1S/C48H63N7O6/c1-31-22-23-49-38(26-31)35-20-18-34(19-21-35)28-39(52-43(57)41(47(3,4)5)53(9)46(60)61)40(56)29-37(27-33-15-11-10-12-16-33)51-44(58)42(48(6,7)8)55-25-24-54(45(55)59)30-36-17-13-14-32(2)50-36/h10-23,26,37,39-42,56H,24-25,27-30H2,1-9H3,(H,51,58)(H,52,57)(H,60,61)/t37-,39-,40-,41+,42+/m0/s1. The zero-order chi connectivity index (χ0) is 44.6. The van der Waals surface area contributed by atoms with Gasteiger partial charge in [0, 0.05) is 43.6 Å². The van der Waals surface area contributed by atoms with Crippen molar-refractivity contribution in [3.8, 4) is 11.3 Å². The van der Waals surface area contributed by atoms with E-state index in [2.05, 4.69) is 20.6 Å². The van der Waals surface area contributed by atoms with Gasteiger partial charge in [-0.2, -0.15) is 0 Å². The number of nitrogens with one attached hydrogen (secondary N) is 2. The lowest BCUT2D eigenvalue weighted by molar-refractivity contribution is -0.131. The average Bonchev–Trinajstić information content (AvgIpc) is 3.51. The quantitative estimate of drug-likeness (QED) is 0.0975. The highest BCUT2D eigenvalue weighted by atomic mass is 16.4. The van der Waals surface area contributed by atoms with E-state index in [1.807, 2.05) is 120 Å². The number of hydrogen-bond acceptors (Lipinski definition) is 7. The third-order valence-electron chi connectivity index (χ3n) is 11.2. The predicted octanol–water partition coefficient (Wildman–Crippen LogP) is 6.64. The molecule has 5 amide bonds. The van der Waals surface area contributed by atoms with E-state index in [-0.39, 0.29) is 24.8 Å². The Morgan fingerprint density at radius 3 is 2.10 bits per heavy atom. The first kappa shape index (κ1) is 46.2. The number of aliphatic hydroxyl groups is 1. The molecule has 5 atom stereocenters. The van der Waals surface area contributed by atoms with Crippen molar-refractivity contribution >= 4 is 23.9 Å². The van der Waals surface area contributed by atoms with E-state index in [1.54, 1.807) is 36.8 Å². The van der Waals surface area contributed by atoms with Crippen LogP contribution in [0, 0.1) is 24.7 Å². The van der Waals surface area contributed by atoms with Crippen LogP contribution in [0.4, 0.5) is 9.59 Å². The summed E-state index contributed by atoms with van der Waals surface area (Å²) < 4.78 is 0. The molecule has 1 saturated heterocycles. The molecule has 0 unspecified atom stereocenters. The molecule has 2 aromatic carbocycles. The normalized spacial score (nSPS) is 15.7. The second-order valence-electron chi connectivity index (χ2n) is 18.5. The number of carbonyl (C=O) groups is 4. The van der Waals surface area contributed by atoms with E-state index in [4.69, 9.17) is 0 Å². The van der Waals surface area contributed by atoms with Crippen molar-refractivity contribution in [2.75, 3.05) is 20.1 Å². The van der Waals surface area contributed by atoms with Crippen LogP contribution in [0.5, 0.6) is 0 Å². The van der Waals surface area contributed by atoms with Crippen LogP contribution >= 0.6 is 0 Å². The monoisotopic (exact) mass is 833 g/mol. The highest BCUT2D eigenvalue weighted by Gasteiger charge is 2.44. The Morgan fingerprint density at radius 2 is 1.49 bits per heavy atom. The van der Waals surface area contributed by atoms with Gasteiger partial charge in [-0.25, -0.2) is 9.59 Å². The molecule has 13 nitrogen and oxygen atoms in total. The largest absolute Gasteiger partial charge is 0.465 e. The molecule has 326 valence electrons. The smallest absolute Gasteiger partial charge is 0.407 e. The molecule has 0 bridgehead atoms. The maximum Gasteiger partial charge on any atom is 0.407 e. The Bertz CT molecular complexity index is 2130. The molecule has 4 aromatic rings. The van der Waals surface area contributed by atoms with E-state index in [0.717, 1.165) is 44.2 Å². The van der Waals surface area contributed by atoms with Gasteiger partial charge in [0.2, 0.25) is 11.8 Å².